The fraction of sp³-hybridized carbons (Fsp3) is 0.750. The van der Waals surface area contributed by atoms with Crippen molar-refractivity contribution in [3.63, 3.8) is 0 Å². The summed E-state index contributed by atoms with van der Waals surface area (Å²) in [6.07, 6.45) is -4.99. The monoisotopic (exact) mass is 343 g/mol. The van der Waals surface area contributed by atoms with Crippen LogP contribution in [0.15, 0.2) is 16.3 Å². The van der Waals surface area contributed by atoms with E-state index in [0.29, 0.717) is 6.42 Å². The standard InChI is InChI=1S/C16H25NO7/c1-7(11-8(19)4-16(2,3)5-9(11)20)17-12-14(22)13(21)10(6-18)24-15(12)23/h10,12-15,18-19,21-23H,4-6H2,1-3H3/t10-,12-,13-,14-,15?/m1/s1. The highest BCUT2D eigenvalue weighted by atomic mass is 16.6. The van der Waals surface area contributed by atoms with E-state index in [4.69, 9.17) is 9.84 Å². The number of carbonyl (C=O) groups excluding carboxylic acids is 1. The molecule has 136 valence electrons. The molecule has 5 N–H and O–H groups in total. The van der Waals surface area contributed by atoms with Gasteiger partial charge in [0.1, 0.15) is 30.1 Å². The molecule has 0 amide bonds. The Hall–Kier alpha value is -1.32. The van der Waals surface area contributed by atoms with E-state index in [0.717, 1.165) is 0 Å². The lowest BCUT2D eigenvalue weighted by Crippen LogP contribution is -2.58. The van der Waals surface area contributed by atoms with Crippen LogP contribution in [0.25, 0.3) is 0 Å². The van der Waals surface area contributed by atoms with Gasteiger partial charge in [-0.05, 0) is 12.3 Å². The quantitative estimate of drug-likeness (QED) is 0.433. The number of hydrogen-bond acceptors (Lipinski definition) is 8. The Morgan fingerprint density at radius 2 is 1.88 bits per heavy atom. The largest absolute Gasteiger partial charge is 0.511 e. The van der Waals surface area contributed by atoms with E-state index >= 15 is 0 Å². The zero-order valence-electron chi connectivity index (χ0n) is 14.0. The molecular formula is C16H25NO7. The highest BCUT2D eigenvalue weighted by molar-refractivity contribution is 6.22. The van der Waals surface area contributed by atoms with Crippen LogP contribution < -0.4 is 0 Å². The van der Waals surface area contributed by atoms with Crippen molar-refractivity contribution in [3.8, 4) is 0 Å². The van der Waals surface area contributed by atoms with Gasteiger partial charge in [-0.3, -0.25) is 9.79 Å². The molecule has 0 bridgehead atoms. The normalized spacial score (nSPS) is 37.7. The molecule has 1 aliphatic carbocycles. The molecule has 5 atom stereocenters. The van der Waals surface area contributed by atoms with Gasteiger partial charge >= 0.3 is 0 Å². The second-order valence-electron chi connectivity index (χ2n) is 7.20. The van der Waals surface area contributed by atoms with Gasteiger partial charge in [0.25, 0.3) is 0 Å². The fourth-order valence-electron chi connectivity index (χ4n) is 3.21. The lowest BCUT2D eigenvalue weighted by molar-refractivity contribution is -0.248. The molecule has 24 heavy (non-hydrogen) atoms. The van der Waals surface area contributed by atoms with Gasteiger partial charge < -0.3 is 30.3 Å². The second kappa shape index (κ2) is 6.89. The number of allylic oxidation sites excluding steroid dienone is 2. The molecule has 0 aromatic rings. The molecule has 0 spiro atoms. The lowest BCUT2D eigenvalue weighted by Gasteiger charge is -2.38. The SMILES string of the molecule is CC(=N[C@H]1C(O)O[C@H](CO)[C@@H](O)[C@@H]1O)C1=C(O)CC(C)(C)CC1=O. The van der Waals surface area contributed by atoms with Gasteiger partial charge in [-0.2, -0.15) is 0 Å². The maximum Gasteiger partial charge on any atom is 0.180 e. The molecular weight excluding hydrogens is 318 g/mol. The van der Waals surface area contributed by atoms with Crippen LogP contribution in [-0.4, -0.2) is 74.3 Å². The molecule has 1 fully saturated rings. The lowest BCUT2D eigenvalue weighted by atomic mass is 9.75. The smallest absolute Gasteiger partial charge is 0.180 e. The number of Topliss-reactive ketones (excluding diaryl/α,β-unsaturated/α-hetero) is 1. The van der Waals surface area contributed by atoms with Gasteiger partial charge in [0.2, 0.25) is 0 Å². The summed E-state index contributed by atoms with van der Waals surface area (Å²) < 4.78 is 5.03. The number of hydrogen-bond donors (Lipinski definition) is 5. The Bertz CT molecular complexity index is 569. The number of ether oxygens (including phenoxy) is 1. The summed E-state index contributed by atoms with van der Waals surface area (Å²) in [6, 6.07) is -1.23. The van der Waals surface area contributed by atoms with Gasteiger partial charge in [0, 0.05) is 18.6 Å². The summed E-state index contributed by atoms with van der Waals surface area (Å²) in [7, 11) is 0. The van der Waals surface area contributed by atoms with Crippen molar-refractivity contribution >= 4 is 11.5 Å². The van der Waals surface area contributed by atoms with Crippen LogP contribution in [-0.2, 0) is 9.53 Å². The molecule has 0 aromatic heterocycles. The first kappa shape index (κ1) is 19.0. The van der Waals surface area contributed by atoms with E-state index in [1.807, 2.05) is 13.8 Å². The van der Waals surface area contributed by atoms with Crippen LogP contribution in [0.2, 0.25) is 0 Å². The maximum absolute atomic E-state index is 12.3. The van der Waals surface area contributed by atoms with Crippen molar-refractivity contribution in [3.05, 3.63) is 11.3 Å². The van der Waals surface area contributed by atoms with Crippen molar-refractivity contribution < 1.29 is 35.1 Å². The molecule has 2 rings (SSSR count). The number of carbonyl (C=O) groups is 1. The third-order valence-electron chi connectivity index (χ3n) is 4.42. The van der Waals surface area contributed by atoms with Gasteiger partial charge in [0.05, 0.1) is 12.2 Å². The van der Waals surface area contributed by atoms with Crippen LogP contribution in [0.4, 0.5) is 0 Å². The van der Waals surface area contributed by atoms with Gasteiger partial charge in [-0.15, -0.1) is 0 Å². The van der Waals surface area contributed by atoms with Crippen molar-refractivity contribution in [1.29, 1.82) is 0 Å². The van der Waals surface area contributed by atoms with E-state index in [9.17, 15) is 25.2 Å². The number of rotatable bonds is 3. The second-order valence-corrected chi connectivity index (χ2v) is 7.20. The summed E-state index contributed by atoms with van der Waals surface area (Å²) >= 11 is 0. The molecule has 8 heteroatoms. The zero-order chi connectivity index (χ0) is 18.2. The average molecular weight is 343 g/mol. The van der Waals surface area contributed by atoms with Crippen LogP contribution in [0.1, 0.15) is 33.6 Å². The first-order valence-corrected chi connectivity index (χ1v) is 7.88. The maximum atomic E-state index is 12.3. The highest BCUT2D eigenvalue weighted by Crippen LogP contribution is 2.36. The van der Waals surface area contributed by atoms with E-state index in [2.05, 4.69) is 4.99 Å². The van der Waals surface area contributed by atoms with E-state index in [1.54, 1.807) is 0 Å². The van der Waals surface area contributed by atoms with Crippen molar-refractivity contribution in [2.24, 2.45) is 10.4 Å². The first-order valence-electron chi connectivity index (χ1n) is 7.88. The van der Waals surface area contributed by atoms with E-state index < -0.39 is 37.3 Å². The predicted octanol–water partition coefficient (Wildman–Crippen LogP) is -0.552. The minimum Gasteiger partial charge on any atom is -0.511 e. The van der Waals surface area contributed by atoms with Crippen molar-refractivity contribution in [1.82, 2.24) is 0 Å². The molecule has 8 nitrogen and oxygen atoms in total. The molecule has 1 heterocycles. The molecule has 0 aromatic carbocycles. The Morgan fingerprint density at radius 1 is 1.25 bits per heavy atom. The molecule has 1 aliphatic heterocycles. The van der Waals surface area contributed by atoms with Gasteiger partial charge in [0.15, 0.2) is 12.1 Å². The van der Waals surface area contributed by atoms with Crippen molar-refractivity contribution in [2.75, 3.05) is 6.61 Å². The molecule has 0 radical (unpaired) electrons. The molecule has 1 unspecified atom stereocenters. The number of ketones is 1. The Balaban J connectivity index is 2.29. The zero-order valence-corrected chi connectivity index (χ0v) is 14.0. The molecule has 2 aliphatic rings. The Morgan fingerprint density at radius 3 is 2.42 bits per heavy atom. The summed E-state index contributed by atoms with van der Waals surface area (Å²) in [5, 5.41) is 49.2. The Kier molecular flexibility index (Phi) is 5.46. The summed E-state index contributed by atoms with van der Waals surface area (Å²) in [5.74, 6) is -0.341. The summed E-state index contributed by atoms with van der Waals surface area (Å²) in [5.41, 5.74) is -0.107. The molecule has 1 saturated heterocycles. The number of aliphatic hydroxyl groups is 5. The van der Waals surface area contributed by atoms with Crippen LogP contribution in [0.3, 0.4) is 0 Å². The van der Waals surface area contributed by atoms with Crippen molar-refractivity contribution in [2.45, 2.75) is 64.3 Å². The van der Waals surface area contributed by atoms with Crippen LogP contribution >= 0.6 is 0 Å². The van der Waals surface area contributed by atoms with E-state index in [-0.39, 0.29) is 34.7 Å². The van der Waals surface area contributed by atoms with Gasteiger partial charge in [-0.25, -0.2) is 0 Å². The minimum atomic E-state index is -1.55. The fourth-order valence-corrected chi connectivity index (χ4v) is 3.21. The number of aliphatic hydroxyl groups excluding tert-OH is 5. The van der Waals surface area contributed by atoms with Crippen LogP contribution in [0, 0.1) is 5.41 Å². The minimum absolute atomic E-state index is 0.0764. The van der Waals surface area contributed by atoms with Gasteiger partial charge in [-0.1, -0.05) is 13.8 Å². The topological polar surface area (TPSA) is 140 Å². The number of aliphatic imine (C=N–C) groups is 1. The summed E-state index contributed by atoms with van der Waals surface area (Å²) in [6.45, 7) is 4.67. The third kappa shape index (κ3) is 3.68. The predicted molar refractivity (Wildman–Crippen MR) is 84.6 cm³/mol. The van der Waals surface area contributed by atoms with Crippen LogP contribution in [0.5, 0.6) is 0 Å². The van der Waals surface area contributed by atoms with E-state index in [1.165, 1.54) is 6.92 Å². The molecule has 0 saturated carbocycles. The first-order chi connectivity index (χ1) is 11.1. The highest BCUT2D eigenvalue weighted by Gasteiger charge is 2.44. The Labute approximate surface area is 140 Å². The third-order valence-corrected chi connectivity index (χ3v) is 4.42. The average Bonchev–Trinajstić information content (AvgIpc) is 2.45. The number of nitrogens with zero attached hydrogens (tertiary/aromatic N) is 1. The summed E-state index contributed by atoms with van der Waals surface area (Å²) in [4.78, 5) is 16.4.